The molecule has 3 fully saturated rings. The van der Waals surface area contributed by atoms with E-state index in [1.807, 2.05) is 13.8 Å². The van der Waals surface area contributed by atoms with Crippen molar-refractivity contribution >= 4 is 40.7 Å². The van der Waals surface area contributed by atoms with Crippen molar-refractivity contribution in [2.75, 3.05) is 6.61 Å². The number of aliphatic hydroxyl groups excluding tert-OH is 3. The van der Waals surface area contributed by atoms with Crippen molar-refractivity contribution in [1.29, 1.82) is 0 Å². The fourth-order valence-corrected chi connectivity index (χ4v) is 10.3. The molecular weight excluding hydrogens is 771 g/mol. The van der Waals surface area contributed by atoms with Gasteiger partial charge in [0.05, 0.1) is 35.6 Å². The molecule has 14 nitrogen and oxygen atoms in total. The zero-order valence-electron chi connectivity index (χ0n) is 33.7. The van der Waals surface area contributed by atoms with Crippen molar-refractivity contribution < 1.29 is 63.3 Å². The molecule has 2 saturated carbocycles. The predicted octanol–water partition coefficient (Wildman–Crippen LogP) is 3.98. The molecule has 1 amide bonds. The van der Waals surface area contributed by atoms with E-state index in [1.54, 1.807) is 62.4 Å². The highest BCUT2D eigenvalue weighted by molar-refractivity contribution is 8.14. The van der Waals surface area contributed by atoms with Crippen LogP contribution in [0.15, 0.2) is 71.8 Å². The van der Waals surface area contributed by atoms with Gasteiger partial charge in [-0.15, -0.1) is 0 Å². The number of thioether (sulfide) groups is 1. The highest BCUT2D eigenvalue weighted by atomic mass is 32.2. The number of amides is 1. The highest BCUT2D eigenvalue weighted by Gasteiger charge is 2.78. The molecule has 3 aliphatic carbocycles. The second-order valence-corrected chi connectivity index (χ2v) is 18.1. The summed E-state index contributed by atoms with van der Waals surface area (Å²) in [6, 6.07) is 15.0. The van der Waals surface area contributed by atoms with Gasteiger partial charge in [0, 0.05) is 30.4 Å². The Bertz CT molecular complexity index is 1960. The van der Waals surface area contributed by atoms with Gasteiger partial charge >= 0.3 is 17.9 Å². The Labute approximate surface area is 341 Å². The van der Waals surface area contributed by atoms with Crippen molar-refractivity contribution in [2.24, 2.45) is 16.7 Å². The lowest BCUT2D eigenvalue weighted by Gasteiger charge is -2.67. The van der Waals surface area contributed by atoms with E-state index in [0.717, 1.165) is 18.7 Å². The van der Waals surface area contributed by atoms with E-state index >= 15 is 0 Å². The van der Waals surface area contributed by atoms with Crippen LogP contribution < -0.4 is 5.32 Å². The number of aliphatic hydroxyl groups is 4. The van der Waals surface area contributed by atoms with E-state index in [0.29, 0.717) is 12.0 Å². The number of esters is 3. The zero-order valence-corrected chi connectivity index (χ0v) is 34.5. The molecule has 0 radical (unpaired) electrons. The van der Waals surface area contributed by atoms with Gasteiger partial charge in [0.2, 0.25) is 0 Å². The summed E-state index contributed by atoms with van der Waals surface area (Å²) in [5.41, 5.74) is -7.03. The third-order valence-corrected chi connectivity index (χ3v) is 14.1. The molecule has 4 aliphatic rings. The summed E-state index contributed by atoms with van der Waals surface area (Å²) in [4.78, 5) is 69.1. The van der Waals surface area contributed by atoms with E-state index in [1.165, 1.54) is 26.0 Å². The first-order valence-corrected chi connectivity index (χ1v) is 20.4. The number of carbonyl (C=O) groups is 5. The van der Waals surface area contributed by atoms with E-state index in [-0.39, 0.29) is 35.0 Å². The van der Waals surface area contributed by atoms with Crippen LogP contribution in [-0.2, 0) is 33.3 Å². The summed E-state index contributed by atoms with van der Waals surface area (Å²) >= 11 is 1.01. The maximum Gasteiger partial charge on any atom is 0.338 e. The number of hydrogen-bond acceptors (Lipinski definition) is 14. The Kier molecular flexibility index (Phi) is 12.1. The Morgan fingerprint density at radius 2 is 1.62 bits per heavy atom. The average molecular weight is 824 g/mol. The number of hydrogen-bond donors (Lipinski definition) is 5. The van der Waals surface area contributed by atoms with Gasteiger partial charge in [-0.3, -0.25) is 14.4 Å². The lowest BCUT2D eigenvalue weighted by Crippen LogP contribution is -2.81. The molecule has 6 rings (SSSR count). The quantitative estimate of drug-likeness (QED) is 0.130. The van der Waals surface area contributed by atoms with Gasteiger partial charge in [-0.1, -0.05) is 88.0 Å². The van der Waals surface area contributed by atoms with Crippen molar-refractivity contribution in [3.63, 3.8) is 0 Å². The molecule has 15 heteroatoms. The third kappa shape index (κ3) is 7.17. The predicted molar refractivity (Wildman–Crippen MR) is 210 cm³/mol. The number of ketones is 1. The SMILES string of the molecule is CCC(C)SC(=O)N[C@@H](c1ccccc1)[C@@H](O)C(=O)O[C@H]1C[C@@]2(O)[C@@H](OC(=O)c3ccccc3)[C@@H]3[C@]4(OC(C)=O)CO[C@@H]4C[C@H](O)[C@@]3(C)C(=O)[C@H](O)C(=C1C)C2(C)C. The van der Waals surface area contributed by atoms with E-state index < -0.39 is 106 Å². The minimum absolute atomic E-state index is 0.0439. The molecule has 2 bridgehead atoms. The Morgan fingerprint density at radius 1 is 1.00 bits per heavy atom. The van der Waals surface area contributed by atoms with Crippen LogP contribution >= 0.6 is 11.8 Å². The molecule has 314 valence electrons. The lowest BCUT2D eigenvalue weighted by molar-refractivity contribution is -0.346. The fourth-order valence-electron chi connectivity index (χ4n) is 9.55. The monoisotopic (exact) mass is 823 g/mol. The van der Waals surface area contributed by atoms with Crippen LogP contribution in [0, 0.1) is 16.7 Å². The standard InChI is InChI=1S/C43H53NO13S/c1-8-22(2)58-39(52)44-31(25-15-11-9-12-16-25)33(48)38(51)55-27-20-43(53)36(56-37(50)26-17-13-10-14-18-26)34-41(7,35(49)32(47)30(23(27)3)40(43,5)6)28(46)19-29-42(34,21-54-29)57-24(4)45/h9-18,22,27-29,31-34,36,46-48,53H,8,19-21H2,1-7H3,(H,44,52)/t22?,27-,28-,29+,31-,32+,33+,34-,36-,41+,42-,43+/m0/s1. The number of fused-ring (bicyclic) bond motifs is 5. The molecule has 0 aromatic heterocycles. The van der Waals surface area contributed by atoms with Crippen molar-refractivity contribution in [2.45, 2.75) is 127 Å². The second-order valence-electron chi connectivity index (χ2n) is 16.7. The largest absolute Gasteiger partial charge is 0.456 e. The summed E-state index contributed by atoms with van der Waals surface area (Å²) in [7, 11) is 0. The van der Waals surface area contributed by atoms with Gasteiger partial charge in [-0.25, -0.2) is 9.59 Å². The van der Waals surface area contributed by atoms with Crippen LogP contribution in [0.5, 0.6) is 0 Å². The van der Waals surface area contributed by atoms with Crippen molar-refractivity contribution in [3.8, 4) is 0 Å². The van der Waals surface area contributed by atoms with Gasteiger partial charge in [0.1, 0.15) is 30.0 Å². The molecule has 1 unspecified atom stereocenters. The second kappa shape index (κ2) is 16.1. The summed E-state index contributed by atoms with van der Waals surface area (Å²) in [5.74, 6) is -5.26. The maximum absolute atomic E-state index is 15.0. The van der Waals surface area contributed by atoms with Gasteiger partial charge in [-0.2, -0.15) is 0 Å². The smallest absolute Gasteiger partial charge is 0.338 e. The molecule has 1 saturated heterocycles. The first kappa shape index (κ1) is 43.5. The summed E-state index contributed by atoms with van der Waals surface area (Å²) in [6.45, 7) is 10.7. The number of rotatable bonds is 10. The highest BCUT2D eigenvalue weighted by Crippen LogP contribution is 2.64. The average Bonchev–Trinajstić information content (AvgIpc) is 3.18. The number of ether oxygens (including phenoxy) is 4. The molecule has 0 spiro atoms. The van der Waals surface area contributed by atoms with Crippen LogP contribution in [0.3, 0.4) is 0 Å². The number of carbonyl (C=O) groups excluding carboxylic acids is 5. The van der Waals surface area contributed by atoms with Gasteiger partial charge in [0.25, 0.3) is 5.24 Å². The third-order valence-electron chi connectivity index (χ3n) is 13.1. The first-order valence-electron chi connectivity index (χ1n) is 19.6. The number of benzene rings is 2. The van der Waals surface area contributed by atoms with Crippen LogP contribution in [0.2, 0.25) is 0 Å². The van der Waals surface area contributed by atoms with Gasteiger partial charge in [0.15, 0.2) is 17.5 Å². The Morgan fingerprint density at radius 3 is 2.19 bits per heavy atom. The van der Waals surface area contributed by atoms with Crippen molar-refractivity contribution in [1.82, 2.24) is 5.32 Å². The minimum Gasteiger partial charge on any atom is -0.456 e. The van der Waals surface area contributed by atoms with E-state index in [2.05, 4.69) is 5.32 Å². The molecule has 2 aromatic carbocycles. The van der Waals surface area contributed by atoms with Gasteiger partial charge < -0.3 is 44.7 Å². The summed E-state index contributed by atoms with van der Waals surface area (Å²) < 4.78 is 24.2. The van der Waals surface area contributed by atoms with Crippen LogP contribution in [0.25, 0.3) is 0 Å². The Balaban J connectivity index is 1.48. The summed E-state index contributed by atoms with van der Waals surface area (Å²) in [6.07, 6.45) is -9.67. The lowest BCUT2D eigenvalue weighted by atomic mass is 9.44. The molecule has 12 atom stereocenters. The van der Waals surface area contributed by atoms with Crippen LogP contribution in [0.1, 0.15) is 89.7 Å². The Hall–Kier alpha value is -4.12. The van der Waals surface area contributed by atoms with E-state index in [9.17, 15) is 44.4 Å². The number of Topliss-reactive ketones (excluding diaryl/α,β-unsaturated/α-hetero) is 1. The molecule has 2 aromatic rings. The fraction of sp³-hybridized carbons (Fsp3) is 0.558. The van der Waals surface area contributed by atoms with Crippen LogP contribution in [-0.4, -0.2) is 109 Å². The first-order chi connectivity index (χ1) is 27.2. The van der Waals surface area contributed by atoms with Crippen LogP contribution in [0.4, 0.5) is 4.79 Å². The molecule has 5 N–H and O–H groups in total. The maximum atomic E-state index is 15.0. The molecular formula is C43H53NO13S. The summed E-state index contributed by atoms with van der Waals surface area (Å²) in [5, 5.41) is 51.3. The molecule has 58 heavy (non-hydrogen) atoms. The topological polar surface area (TPSA) is 215 Å². The normalized spacial score (nSPS) is 34.0. The number of nitrogens with one attached hydrogen (secondary N) is 1. The minimum atomic E-state index is -2.33. The van der Waals surface area contributed by atoms with Gasteiger partial charge in [-0.05, 0) is 49.1 Å². The molecule has 1 heterocycles. The molecule has 1 aliphatic heterocycles. The zero-order chi connectivity index (χ0) is 42.5. The van der Waals surface area contributed by atoms with Crippen molar-refractivity contribution in [3.05, 3.63) is 82.9 Å². The van der Waals surface area contributed by atoms with E-state index in [4.69, 9.17) is 18.9 Å².